The summed E-state index contributed by atoms with van der Waals surface area (Å²) in [6.45, 7) is -0.366. The van der Waals surface area contributed by atoms with E-state index in [1.54, 1.807) is 36.4 Å². The highest BCUT2D eigenvalue weighted by Gasteiger charge is 2.17. The second-order valence-corrected chi connectivity index (χ2v) is 8.92. The highest BCUT2D eigenvalue weighted by atomic mass is 35.5. The molecule has 0 radical (unpaired) electrons. The zero-order chi connectivity index (χ0) is 24.7. The number of carbonyl (C=O) groups is 2. The van der Waals surface area contributed by atoms with Crippen molar-refractivity contribution in [1.29, 1.82) is 0 Å². The summed E-state index contributed by atoms with van der Waals surface area (Å²) < 4.78 is 42.8. The van der Waals surface area contributed by atoms with Crippen LogP contribution in [-0.2, 0) is 19.6 Å². The molecule has 0 unspecified atom stereocenters. The van der Waals surface area contributed by atoms with Crippen LogP contribution in [0.4, 0.5) is 11.4 Å². The summed E-state index contributed by atoms with van der Waals surface area (Å²) in [5.74, 6) is -0.226. The van der Waals surface area contributed by atoms with Gasteiger partial charge in [0.1, 0.15) is 11.5 Å². The molecule has 3 aromatic rings. The van der Waals surface area contributed by atoms with Crippen molar-refractivity contribution in [2.24, 2.45) is 0 Å². The molecule has 0 aliphatic heterocycles. The number of nitrogens with one attached hydrogen (secondary N) is 2. The van der Waals surface area contributed by atoms with Gasteiger partial charge in [-0.15, -0.1) is 0 Å². The third kappa shape index (κ3) is 6.40. The monoisotopic (exact) mass is 504 g/mol. The van der Waals surface area contributed by atoms with Crippen molar-refractivity contribution in [2.75, 3.05) is 30.9 Å². The number of hydrogen-bond donors (Lipinski definition) is 2. The van der Waals surface area contributed by atoms with Crippen LogP contribution >= 0.6 is 11.6 Å². The second-order valence-electron chi connectivity index (χ2n) is 6.83. The maximum Gasteiger partial charge on any atom is 0.337 e. The van der Waals surface area contributed by atoms with Gasteiger partial charge in [-0.05, 0) is 66.7 Å². The van der Waals surface area contributed by atoms with E-state index >= 15 is 0 Å². The normalized spacial score (nSPS) is 10.8. The number of methoxy groups -OCH3 is 2. The minimum Gasteiger partial charge on any atom is -0.497 e. The minimum atomic E-state index is -3.90. The molecule has 0 saturated heterocycles. The number of anilines is 2. The molecule has 0 aliphatic rings. The van der Waals surface area contributed by atoms with E-state index in [-0.39, 0.29) is 22.3 Å². The summed E-state index contributed by atoms with van der Waals surface area (Å²) in [4.78, 5) is 23.5. The molecular formula is C23H21ClN2O7S. The molecule has 34 heavy (non-hydrogen) atoms. The van der Waals surface area contributed by atoms with Gasteiger partial charge in [0.05, 0.1) is 29.7 Å². The average molecular weight is 505 g/mol. The van der Waals surface area contributed by atoms with Gasteiger partial charge in [0, 0.05) is 11.4 Å². The molecule has 178 valence electrons. The largest absolute Gasteiger partial charge is 0.497 e. The SMILES string of the molecule is COC(=O)c1ccc(NC(=O)COc2ccc(S(=O)(=O)Nc3ccc(OC)cc3)cc2Cl)cc1. The van der Waals surface area contributed by atoms with E-state index in [1.807, 2.05) is 0 Å². The molecule has 2 N–H and O–H groups in total. The average Bonchev–Trinajstić information content (AvgIpc) is 2.83. The fourth-order valence-corrected chi connectivity index (χ4v) is 4.17. The molecule has 0 bridgehead atoms. The quantitative estimate of drug-likeness (QED) is 0.423. The Balaban J connectivity index is 1.59. The van der Waals surface area contributed by atoms with Crippen molar-refractivity contribution in [3.8, 4) is 11.5 Å². The first-order valence-electron chi connectivity index (χ1n) is 9.79. The van der Waals surface area contributed by atoms with E-state index in [1.165, 1.54) is 44.6 Å². The first-order chi connectivity index (χ1) is 16.2. The highest BCUT2D eigenvalue weighted by Crippen LogP contribution is 2.28. The van der Waals surface area contributed by atoms with E-state index in [0.717, 1.165) is 0 Å². The highest BCUT2D eigenvalue weighted by molar-refractivity contribution is 7.92. The molecule has 0 saturated carbocycles. The number of ether oxygens (including phenoxy) is 3. The molecule has 0 atom stereocenters. The predicted molar refractivity (Wildman–Crippen MR) is 127 cm³/mol. The molecule has 0 heterocycles. The molecule has 3 aromatic carbocycles. The summed E-state index contributed by atoms with van der Waals surface area (Å²) in [6.07, 6.45) is 0. The number of amides is 1. The van der Waals surface area contributed by atoms with Crippen LogP contribution < -0.4 is 19.5 Å². The lowest BCUT2D eigenvalue weighted by molar-refractivity contribution is -0.118. The van der Waals surface area contributed by atoms with Gasteiger partial charge in [0.2, 0.25) is 0 Å². The third-order valence-electron chi connectivity index (χ3n) is 4.50. The molecule has 0 aromatic heterocycles. The Morgan fingerprint density at radius 1 is 0.912 bits per heavy atom. The smallest absolute Gasteiger partial charge is 0.337 e. The number of rotatable bonds is 9. The van der Waals surface area contributed by atoms with Gasteiger partial charge in [0.15, 0.2) is 6.61 Å². The van der Waals surface area contributed by atoms with Crippen LogP contribution in [0.15, 0.2) is 71.6 Å². The van der Waals surface area contributed by atoms with E-state index in [0.29, 0.717) is 22.7 Å². The number of esters is 1. The Labute approximate surface area is 201 Å². The van der Waals surface area contributed by atoms with Crippen LogP contribution in [0.25, 0.3) is 0 Å². The number of benzene rings is 3. The molecule has 1 amide bonds. The Bertz CT molecular complexity index is 1280. The first-order valence-corrected chi connectivity index (χ1v) is 11.7. The van der Waals surface area contributed by atoms with Gasteiger partial charge in [-0.1, -0.05) is 11.6 Å². The van der Waals surface area contributed by atoms with Crippen LogP contribution in [0.1, 0.15) is 10.4 Å². The first kappa shape index (κ1) is 24.9. The lowest BCUT2D eigenvalue weighted by Gasteiger charge is -2.12. The molecule has 3 rings (SSSR count). The Hall–Kier alpha value is -3.76. The van der Waals surface area contributed by atoms with Gasteiger partial charge in [0.25, 0.3) is 15.9 Å². The summed E-state index contributed by atoms with van der Waals surface area (Å²) in [5.41, 5.74) is 1.16. The standard InChI is InChI=1S/C23H21ClN2O7S/c1-31-18-9-7-17(8-10-18)26-34(29,30)19-11-12-21(20(24)13-19)33-14-22(27)25-16-5-3-15(4-6-16)23(28)32-2/h3-13,26H,14H2,1-2H3,(H,25,27). The fraction of sp³-hybridized carbons (Fsp3) is 0.130. The predicted octanol–water partition coefficient (Wildman–Crippen LogP) is 3.95. The van der Waals surface area contributed by atoms with Crippen molar-refractivity contribution < 1.29 is 32.2 Å². The lowest BCUT2D eigenvalue weighted by atomic mass is 10.2. The van der Waals surface area contributed by atoms with E-state index in [2.05, 4.69) is 14.8 Å². The second kappa shape index (κ2) is 10.9. The van der Waals surface area contributed by atoms with Gasteiger partial charge >= 0.3 is 5.97 Å². The van der Waals surface area contributed by atoms with Crippen molar-refractivity contribution in [2.45, 2.75) is 4.90 Å². The maximum atomic E-state index is 12.6. The van der Waals surface area contributed by atoms with E-state index in [4.69, 9.17) is 21.1 Å². The lowest BCUT2D eigenvalue weighted by Crippen LogP contribution is -2.20. The maximum absolute atomic E-state index is 12.6. The van der Waals surface area contributed by atoms with Crippen molar-refractivity contribution in [3.05, 3.63) is 77.3 Å². The van der Waals surface area contributed by atoms with Gasteiger partial charge < -0.3 is 19.5 Å². The van der Waals surface area contributed by atoms with Crippen molar-refractivity contribution in [3.63, 3.8) is 0 Å². The summed E-state index contributed by atoms with van der Waals surface area (Å²) >= 11 is 6.17. The van der Waals surface area contributed by atoms with Crippen LogP contribution in [0.2, 0.25) is 5.02 Å². The molecule has 11 heteroatoms. The molecule has 0 spiro atoms. The van der Waals surface area contributed by atoms with E-state index in [9.17, 15) is 18.0 Å². The van der Waals surface area contributed by atoms with Crippen LogP contribution in [0.5, 0.6) is 11.5 Å². The Morgan fingerprint density at radius 2 is 1.56 bits per heavy atom. The van der Waals surface area contributed by atoms with Crippen molar-refractivity contribution >= 4 is 44.9 Å². The Morgan fingerprint density at radius 3 is 2.15 bits per heavy atom. The van der Waals surface area contributed by atoms with Gasteiger partial charge in [-0.2, -0.15) is 0 Å². The number of carbonyl (C=O) groups excluding carboxylic acids is 2. The number of hydrogen-bond acceptors (Lipinski definition) is 7. The molecular weight excluding hydrogens is 484 g/mol. The topological polar surface area (TPSA) is 120 Å². The van der Waals surface area contributed by atoms with Crippen molar-refractivity contribution in [1.82, 2.24) is 0 Å². The van der Waals surface area contributed by atoms with Crippen LogP contribution in [0.3, 0.4) is 0 Å². The fourth-order valence-electron chi connectivity index (χ4n) is 2.79. The van der Waals surface area contributed by atoms with Gasteiger partial charge in [-0.3, -0.25) is 9.52 Å². The molecule has 0 aliphatic carbocycles. The molecule has 9 nitrogen and oxygen atoms in total. The minimum absolute atomic E-state index is 0.0211. The number of sulfonamides is 1. The summed E-state index contributed by atoms with van der Waals surface area (Å²) in [5, 5.41) is 2.63. The molecule has 0 fully saturated rings. The number of halogens is 1. The van der Waals surface area contributed by atoms with Crippen LogP contribution in [-0.4, -0.2) is 41.1 Å². The van der Waals surface area contributed by atoms with Gasteiger partial charge in [-0.25, -0.2) is 13.2 Å². The zero-order valence-corrected chi connectivity index (χ0v) is 19.8. The zero-order valence-electron chi connectivity index (χ0n) is 18.2. The third-order valence-corrected chi connectivity index (χ3v) is 6.18. The summed E-state index contributed by atoms with van der Waals surface area (Å²) in [6, 6.07) is 16.4. The summed E-state index contributed by atoms with van der Waals surface area (Å²) in [7, 11) is -1.11. The van der Waals surface area contributed by atoms with E-state index < -0.39 is 21.9 Å². The van der Waals surface area contributed by atoms with Crippen LogP contribution in [0, 0.1) is 0 Å². The Kier molecular flexibility index (Phi) is 7.98.